The summed E-state index contributed by atoms with van der Waals surface area (Å²) in [7, 11) is 0. The molecule has 0 aliphatic rings. The van der Waals surface area contributed by atoms with Crippen LogP contribution in [0, 0.1) is 22.9 Å². The monoisotopic (exact) mass is 281 g/mol. The Labute approximate surface area is 126 Å². The topological polar surface area (TPSA) is 59.6 Å². The number of nitrogens with zero attached hydrogens (tertiary/aromatic N) is 3. The Kier molecular flexibility index (Phi) is 16.6. The molecular formula is C16H33N4+. The second kappa shape index (κ2) is 15.8. The van der Waals surface area contributed by atoms with Crippen LogP contribution in [0.15, 0.2) is 0 Å². The first-order chi connectivity index (χ1) is 9.66. The van der Waals surface area contributed by atoms with E-state index in [1.807, 2.05) is 0 Å². The van der Waals surface area contributed by atoms with Crippen LogP contribution in [-0.4, -0.2) is 30.7 Å². The van der Waals surface area contributed by atoms with Crippen molar-refractivity contribution in [2.45, 2.75) is 66.2 Å². The van der Waals surface area contributed by atoms with Gasteiger partial charge in [-0.25, -0.2) is 5.32 Å². The molecule has 1 N–H and O–H groups in total. The maximum Gasteiger partial charge on any atom is 0.190 e. The molecule has 0 unspecified atom stereocenters. The zero-order chi connectivity index (χ0) is 15.7. The third-order valence-electron chi connectivity index (χ3n) is 3.74. The van der Waals surface area contributed by atoms with Crippen molar-refractivity contribution in [1.82, 2.24) is 5.32 Å². The van der Waals surface area contributed by atoms with Crippen molar-refractivity contribution in [2.75, 3.05) is 26.2 Å². The molecule has 0 saturated carbocycles. The van der Waals surface area contributed by atoms with Crippen LogP contribution in [0.2, 0.25) is 0 Å². The molecule has 0 radical (unpaired) electrons. The summed E-state index contributed by atoms with van der Waals surface area (Å²) in [6, 6.07) is 0. The van der Waals surface area contributed by atoms with Crippen LogP contribution in [0.1, 0.15) is 66.2 Å². The van der Waals surface area contributed by atoms with Crippen molar-refractivity contribution in [3.8, 4) is 12.4 Å². The van der Waals surface area contributed by atoms with E-state index in [0.717, 1.165) is 0 Å². The number of hydrogen-bond donors (Lipinski definition) is 1. The predicted molar refractivity (Wildman–Crippen MR) is 84.5 cm³/mol. The molecule has 0 bridgehead atoms. The van der Waals surface area contributed by atoms with Crippen LogP contribution in [-0.2, 0) is 0 Å². The summed E-state index contributed by atoms with van der Waals surface area (Å²) in [5.74, 6) is 0. The van der Waals surface area contributed by atoms with Crippen molar-refractivity contribution in [1.29, 1.82) is 10.5 Å². The lowest BCUT2D eigenvalue weighted by molar-refractivity contribution is -0.927. The van der Waals surface area contributed by atoms with Gasteiger partial charge in [-0.2, -0.15) is 10.5 Å². The maximum atomic E-state index is 7.48. The van der Waals surface area contributed by atoms with Gasteiger partial charge in [0.15, 0.2) is 12.4 Å². The smallest absolute Gasteiger partial charge is 0.190 e. The standard InChI is InChI=1S/C14H32N.C2HN3/c1-5-9-12-15(8-4,13-10-6-2)14-11-7-3;3-1-5-2-4/h5-14H2,1-4H3;5H/q+1;. The average Bonchev–Trinajstić information content (AvgIpc) is 2.48. The first kappa shape index (κ1) is 21.0. The normalized spacial score (nSPS) is 9.90. The number of nitrogens with one attached hydrogen (secondary N) is 1. The van der Waals surface area contributed by atoms with E-state index < -0.39 is 0 Å². The maximum absolute atomic E-state index is 7.48. The molecule has 4 heteroatoms. The fourth-order valence-corrected chi connectivity index (χ4v) is 2.32. The van der Waals surface area contributed by atoms with Gasteiger partial charge in [0.2, 0.25) is 0 Å². The second-order valence-electron chi connectivity index (χ2n) is 5.24. The predicted octanol–water partition coefficient (Wildman–Crippen LogP) is 3.76. The lowest BCUT2D eigenvalue weighted by atomic mass is 10.1. The summed E-state index contributed by atoms with van der Waals surface area (Å²) < 4.78 is 1.38. The van der Waals surface area contributed by atoms with Crippen LogP contribution in [0.3, 0.4) is 0 Å². The summed E-state index contributed by atoms with van der Waals surface area (Å²) in [6.07, 6.45) is 11.1. The molecule has 4 nitrogen and oxygen atoms in total. The first-order valence-electron chi connectivity index (χ1n) is 8.04. The molecule has 0 spiro atoms. The summed E-state index contributed by atoms with van der Waals surface area (Å²) >= 11 is 0. The highest BCUT2D eigenvalue weighted by Gasteiger charge is 2.22. The van der Waals surface area contributed by atoms with E-state index in [9.17, 15) is 0 Å². The summed E-state index contributed by atoms with van der Waals surface area (Å²) in [4.78, 5) is 0. The van der Waals surface area contributed by atoms with E-state index in [1.165, 1.54) is 81.6 Å². The molecule has 0 atom stereocenters. The van der Waals surface area contributed by atoms with E-state index in [1.54, 1.807) is 5.32 Å². The lowest BCUT2D eigenvalue weighted by Gasteiger charge is -2.38. The average molecular weight is 281 g/mol. The molecule has 0 heterocycles. The third kappa shape index (κ3) is 11.8. The van der Waals surface area contributed by atoms with E-state index in [4.69, 9.17) is 10.5 Å². The Morgan fingerprint density at radius 2 is 1.10 bits per heavy atom. The number of unbranched alkanes of at least 4 members (excludes halogenated alkanes) is 3. The molecule has 0 fully saturated rings. The molecular weight excluding hydrogens is 248 g/mol. The number of nitriles is 2. The van der Waals surface area contributed by atoms with E-state index >= 15 is 0 Å². The quantitative estimate of drug-likeness (QED) is 0.377. The van der Waals surface area contributed by atoms with Crippen molar-refractivity contribution in [3.05, 3.63) is 0 Å². The Morgan fingerprint density at radius 3 is 1.25 bits per heavy atom. The molecule has 0 aliphatic carbocycles. The minimum absolute atomic E-state index is 1.33. The van der Waals surface area contributed by atoms with Gasteiger partial charge in [0.25, 0.3) is 0 Å². The van der Waals surface area contributed by atoms with Crippen LogP contribution in [0.4, 0.5) is 0 Å². The molecule has 0 aromatic heterocycles. The van der Waals surface area contributed by atoms with Gasteiger partial charge in [-0.15, -0.1) is 0 Å². The Morgan fingerprint density at radius 1 is 0.750 bits per heavy atom. The SMILES string of the molecule is CCCC[N+](CC)(CCCC)CCCC.N#CNC#N. The highest BCUT2D eigenvalue weighted by atomic mass is 15.3. The minimum Gasteiger partial charge on any atom is -0.324 e. The van der Waals surface area contributed by atoms with Gasteiger partial charge in [0, 0.05) is 0 Å². The zero-order valence-electron chi connectivity index (χ0n) is 13.9. The fourth-order valence-electron chi connectivity index (χ4n) is 2.32. The molecule has 0 aliphatic heterocycles. The molecule has 0 aromatic carbocycles. The number of hydrogen-bond acceptors (Lipinski definition) is 3. The van der Waals surface area contributed by atoms with Crippen molar-refractivity contribution >= 4 is 0 Å². The van der Waals surface area contributed by atoms with Crippen LogP contribution in [0.25, 0.3) is 0 Å². The van der Waals surface area contributed by atoms with Gasteiger partial charge in [0.05, 0.1) is 26.2 Å². The number of quaternary nitrogens is 1. The second-order valence-corrected chi connectivity index (χ2v) is 5.24. The van der Waals surface area contributed by atoms with Crippen LogP contribution in [0.5, 0.6) is 0 Å². The van der Waals surface area contributed by atoms with Crippen LogP contribution < -0.4 is 5.32 Å². The zero-order valence-corrected chi connectivity index (χ0v) is 13.9. The molecule has 20 heavy (non-hydrogen) atoms. The van der Waals surface area contributed by atoms with Crippen molar-refractivity contribution < 1.29 is 4.48 Å². The molecule has 0 amide bonds. The van der Waals surface area contributed by atoms with Gasteiger partial charge < -0.3 is 4.48 Å². The number of rotatable bonds is 10. The Bertz CT molecular complexity index is 241. The summed E-state index contributed by atoms with van der Waals surface area (Å²) in [6.45, 7) is 14.9. The lowest BCUT2D eigenvalue weighted by Crippen LogP contribution is -2.49. The van der Waals surface area contributed by atoms with Gasteiger partial charge in [-0.05, 0) is 26.2 Å². The van der Waals surface area contributed by atoms with Crippen molar-refractivity contribution in [2.24, 2.45) is 0 Å². The van der Waals surface area contributed by atoms with Crippen LogP contribution >= 0.6 is 0 Å². The Hall–Kier alpha value is -1.26. The van der Waals surface area contributed by atoms with E-state index in [-0.39, 0.29) is 0 Å². The van der Waals surface area contributed by atoms with E-state index in [2.05, 4.69) is 27.7 Å². The van der Waals surface area contributed by atoms with Gasteiger partial charge in [-0.1, -0.05) is 40.0 Å². The highest BCUT2D eigenvalue weighted by Crippen LogP contribution is 2.14. The van der Waals surface area contributed by atoms with E-state index in [0.29, 0.717) is 0 Å². The van der Waals surface area contributed by atoms with Gasteiger partial charge >= 0.3 is 0 Å². The van der Waals surface area contributed by atoms with Crippen molar-refractivity contribution in [3.63, 3.8) is 0 Å². The highest BCUT2D eigenvalue weighted by molar-refractivity contribution is 4.77. The largest absolute Gasteiger partial charge is 0.324 e. The summed E-state index contributed by atoms with van der Waals surface area (Å²) in [5, 5.41) is 16.7. The minimum atomic E-state index is 1.33. The van der Waals surface area contributed by atoms with Gasteiger partial charge in [0.1, 0.15) is 0 Å². The molecule has 0 rings (SSSR count). The fraction of sp³-hybridized carbons (Fsp3) is 0.875. The first-order valence-corrected chi connectivity index (χ1v) is 8.04. The van der Waals surface area contributed by atoms with Gasteiger partial charge in [-0.3, -0.25) is 0 Å². The summed E-state index contributed by atoms with van der Waals surface area (Å²) in [5.41, 5.74) is 0. The Balaban J connectivity index is 0. The molecule has 0 aromatic rings. The molecule has 116 valence electrons. The third-order valence-corrected chi connectivity index (χ3v) is 3.74. The molecule has 0 saturated heterocycles.